The van der Waals surface area contributed by atoms with Crippen molar-refractivity contribution in [1.29, 1.82) is 0 Å². The van der Waals surface area contributed by atoms with E-state index < -0.39 is 6.04 Å². The number of rotatable bonds is 11. The van der Waals surface area contributed by atoms with E-state index in [4.69, 9.17) is 18.6 Å². The first-order chi connectivity index (χ1) is 16.6. The molecule has 1 unspecified atom stereocenters. The molecule has 3 aromatic rings. The second-order valence-corrected chi connectivity index (χ2v) is 8.11. The van der Waals surface area contributed by atoms with Gasteiger partial charge in [0.2, 0.25) is 5.76 Å². The summed E-state index contributed by atoms with van der Waals surface area (Å²) >= 11 is 0. The molecule has 0 saturated heterocycles. The van der Waals surface area contributed by atoms with Crippen molar-refractivity contribution in [3.05, 3.63) is 69.6 Å². The predicted molar refractivity (Wildman–Crippen MR) is 130 cm³/mol. The molecule has 1 aromatic heterocycles. The van der Waals surface area contributed by atoms with E-state index in [9.17, 15) is 9.59 Å². The minimum Gasteiger partial charge on any atom is -0.490 e. The Bertz CT molecular complexity index is 1220. The Balaban J connectivity index is 1.82. The minimum atomic E-state index is -0.579. The molecule has 0 radical (unpaired) electrons. The van der Waals surface area contributed by atoms with Crippen LogP contribution in [0.15, 0.2) is 51.7 Å². The molecule has 7 nitrogen and oxygen atoms in total. The number of hydrogen-bond acceptors (Lipinski definition) is 6. The van der Waals surface area contributed by atoms with Gasteiger partial charge in [-0.3, -0.25) is 9.59 Å². The zero-order valence-corrected chi connectivity index (χ0v) is 20.0. The Labute approximate surface area is 199 Å². The third-order valence-electron chi connectivity index (χ3n) is 5.81. The fourth-order valence-electron chi connectivity index (χ4n) is 4.32. The molecule has 1 aliphatic heterocycles. The molecule has 2 aromatic carbocycles. The number of fused-ring (bicyclic) bond motifs is 2. The lowest BCUT2D eigenvalue weighted by atomic mass is 9.98. The van der Waals surface area contributed by atoms with Gasteiger partial charge in [0, 0.05) is 19.8 Å². The Morgan fingerprint density at radius 1 is 0.941 bits per heavy atom. The van der Waals surface area contributed by atoms with Gasteiger partial charge in [0.05, 0.1) is 30.2 Å². The zero-order chi connectivity index (χ0) is 24.1. The molecule has 0 fully saturated rings. The molecule has 0 aliphatic carbocycles. The summed E-state index contributed by atoms with van der Waals surface area (Å²) in [5.41, 5.74) is 1.36. The number of hydrogen-bond donors (Lipinski definition) is 0. The van der Waals surface area contributed by atoms with Crippen LogP contribution in [0.25, 0.3) is 11.0 Å². The Hall–Kier alpha value is -3.32. The highest BCUT2D eigenvalue weighted by molar-refractivity contribution is 5.99. The van der Waals surface area contributed by atoms with Crippen molar-refractivity contribution < 1.29 is 23.4 Å². The van der Waals surface area contributed by atoms with Crippen molar-refractivity contribution in [2.24, 2.45) is 0 Å². The minimum absolute atomic E-state index is 0.106. The van der Waals surface area contributed by atoms with Crippen molar-refractivity contribution in [3.63, 3.8) is 0 Å². The Kier molecular flexibility index (Phi) is 7.53. The number of para-hydroxylation sites is 1. The predicted octanol–water partition coefficient (Wildman–Crippen LogP) is 4.95. The van der Waals surface area contributed by atoms with Crippen LogP contribution in [0.4, 0.5) is 0 Å². The second-order valence-electron chi connectivity index (χ2n) is 8.11. The average molecular weight is 466 g/mol. The van der Waals surface area contributed by atoms with Gasteiger partial charge in [-0.15, -0.1) is 0 Å². The van der Waals surface area contributed by atoms with Crippen LogP contribution in [0, 0.1) is 0 Å². The van der Waals surface area contributed by atoms with Crippen molar-refractivity contribution in [3.8, 4) is 11.5 Å². The third-order valence-corrected chi connectivity index (χ3v) is 5.81. The molecule has 180 valence electrons. The van der Waals surface area contributed by atoms with Crippen LogP contribution in [0.2, 0.25) is 0 Å². The number of carbonyl (C=O) groups excluding carboxylic acids is 1. The van der Waals surface area contributed by atoms with E-state index in [1.165, 1.54) is 0 Å². The van der Waals surface area contributed by atoms with Crippen molar-refractivity contribution >= 4 is 16.9 Å². The summed E-state index contributed by atoms with van der Waals surface area (Å²) in [5, 5.41) is 0.461. The topological polar surface area (TPSA) is 78.2 Å². The second kappa shape index (κ2) is 10.7. The molecule has 1 aliphatic rings. The highest BCUT2D eigenvalue weighted by atomic mass is 16.5. The largest absolute Gasteiger partial charge is 0.490 e. The van der Waals surface area contributed by atoms with Gasteiger partial charge >= 0.3 is 0 Å². The summed E-state index contributed by atoms with van der Waals surface area (Å²) < 4.78 is 23.2. The smallest absolute Gasteiger partial charge is 0.290 e. The van der Waals surface area contributed by atoms with E-state index in [1.54, 1.807) is 29.2 Å². The van der Waals surface area contributed by atoms with Gasteiger partial charge in [-0.05, 0) is 56.5 Å². The lowest BCUT2D eigenvalue weighted by Crippen LogP contribution is -2.31. The fraction of sp³-hybridized carbons (Fsp3) is 0.407. The molecule has 1 amide bonds. The first kappa shape index (κ1) is 23.8. The molecule has 2 heterocycles. The highest BCUT2D eigenvalue weighted by Crippen LogP contribution is 2.41. The SMILES string of the molecule is CCCOc1ccc(C2c3c(oc4ccccc4c3=O)C(=O)N2CCCOCC)cc1OCC. The number of amides is 1. The zero-order valence-electron chi connectivity index (χ0n) is 20.0. The molecule has 0 bridgehead atoms. The number of ether oxygens (including phenoxy) is 3. The summed E-state index contributed by atoms with van der Waals surface area (Å²) in [4.78, 5) is 28.7. The molecule has 0 N–H and O–H groups in total. The van der Waals surface area contributed by atoms with Crippen molar-refractivity contribution in [1.82, 2.24) is 4.90 Å². The van der Waals surface area contributed by atoms with Crippen LogP contribution in [0.5, 0.6) is 11.5 Å². The molecule has 4 rings (SSSR count). The van der Waals surface area contributed by atoms with Crippen LogP contribution < -0.4 is 14.9 Å². The quantitative estimate of drug-likeness (QED) is 0.373. The van der Waals surface area contributed by atoms with Crippen LogP contribution in [0.3, 0.4) is 0 Å². The maximum absolute atomic E-state index is 13.6. The number of nitrogens with zero attached hydrogens (tertiary/aromatic N) is 1. The van der Waals surface area contributed by atoms with E-state index in [0.717, 1.165) is 12.0 Å². The first-order valence-electron chi connectivity index (χ1n) is 11.9. The molecule has 1 atom stereocenters. The summed E-state index contributed by atoms with van der Waals surface area (Å²) in [6, 6.07) is 12.1. The Morgan fingerprint density at radius 3 is 2.53 bits per heavy atom. The first-order valence-corrected chi connectivity index (χ1v) is 11.9. The fourth-order valence-corrected chi connectivity index (χ4v) is 4.32. The number of benzene rings is 2. The molecule has 34 heavy (non-hydrogen) atoms. The van der Waals surface area contributed by atoms with Crippen LogP contribution in [-0.4, -0.2) is 43.8 Å². The van der Waals surface area contributed by atoms with Gasteiger partial charge in [-0.25, -0.2) is 0 Å². The van der Waals surface area contributed by atoms with Crippen LogP contribution in [-0.2, 0) is 4.74 Å². The van der Waals surface area contributed by atoms with Gasteiger partial charge in [0.15, 0.2) is 16.9 Å². The van der Waals surface area contributed by atoms with Crippen molar-refractivity contribution in [2.75, 3.05) is 33.0 Å². The van der Waals surface area contributed by atoms with E-state index >= 15 is 0 Å². The summed E-state index contributed by atoms with van der Waals surface area (Å²) in [6.07, 6.45) is 1.52. The maximum atomic E-state index is 13.6. The average Bonchev–Trinajstić information content (AvgIpc) is 3.13. The summed E-state index contributed by atoms with van der Waals surface area (Å²) in [5.74, 6) is 1.05. The molecule has 0 spiro atoms. The lowest BCUT2D eigenvalue weighted by Gasteiger charge is -2.26. The third kappa shape index (κ3) is 4.53. The standard InChI is InChI=1S/C27H31NO6/c1-4-15-33-21-13-12-18(17-22(21)32-6-3)24-23-25(29)19-10-7-8-11-20(19)34-26(23)27(30)28(24)14-9-16-31-5-2/h7-8,10-13,17,24H,4-6,9,14-16H2,1-3H3. The molecular formula is C27H31NO6. The normalized spacial score (nSPS) is 15.1. The van der Waals surface area contributed by atoms with E-state index in [1.807, 2.05) is 39.0 Å². The lowest BCUT2D eigenvalue weighted by molar-refractivity contribution is 0.0695. The molecule has 0 saturated carbocycles. The van der Waals surface area contributed by atoms with E-state index in [-0.39, 0.29) is 17.1 Å². The molecular weight excluding hydrogens is 434 g/mol. The van der Waals surface area contributed by atoms with Crippen molar-refractivity contribution in [2.45, 2.75) is 39.7 Å². The monoisotopic (exact) mass is 465 g/mol. The highest BCUT2D eigenvalue weighted by Gasteiger charge is 2.42. The van der Waals surface area contributed by atoms with Crippen LogP contribution in [0.1, 0.15) is 61.3 Å². The van der Waals surface area contributed by atoms with Crippen LogP contribution >= 0.6 is 0 Å². The van der Waals surface area contributed by atoms with Gasteiger partial charge < -0.3 is 23.5 Å². The molecule has 7 heteroatoms. The van der Waals surface area contributed by atoms with Gasteiger partial charge in [-0.2, -0.15) is 0 Å². The van der Waals surface area contributed by atoms with Gasteiger partial charge in [0.1, 0.15) is 5.58 Å². The van der Waals surface area contributed by atoms with E-state index in [2.05, 4.69) is 0 Å². The maximum Gasteiger partial charge on any atom is 0.290 e. The summed E-state index contributed by atoms with van der Waals surface area (Å²) in [6.45, 7) is 8.50. The Morgan fingerprint density at radius 2 is 1.76 bits per heavy atom. The van der Waals surface area contributed by atoms with Gasteiger partial charge in [0.25, 0.3) is 5.91 Å². The van der Waals surface area contributed by atoms with Gasteiger partial charge in [-0.1, -0.05) is 25.1 Å². The summed E-state index contributed by atoms with van der Waals surface area (Å²) in [7, 11) is 0. The van der Waals surface area contributed by atoms with E-state index in [0.29, 0.717) is 67.4 Å². The number of carbonyl (C=O) groups is 1.